The molecule has 12 heteroatoms. The summed E-state index contributed by atoms with van der Waals surface area (Å²) in [5.74, 6) is 0. The summed E-state index contributed by atoms with van der Waals surface area (Å²) in [6, 6.07) is -1.11. The molecule has 11 nitrogen and oxygen atoms in total. The summed E-state index contributed by atoms with van der Waals surface area (Å²) < 4.78 is 32.6. The van der Waals surface area contributed by atoms with Crippen LogP contribution < -0.4 is 27.1 Å². The van der Waals surface area contributed by atoms with E-state index in [1.54, 1.807) is 0 Å². The number of urea groups is 1. The van der Waals surface area contributed by atoms with Gasteiger partial charge in [0.25, 0.3) is 0 Å². The molecule has 0 unspecified atom stereocenters. The van der Waals surface area contributed by atoms with E-state index < -0.39 is 38.4 Å². The number of carbonyl (C=O) groups is 1. The second kappa shape index (κ2) is 4.84. The first kappa shape index (κ1) is 14.6. The van der Waals surface area contributed by atoms with Gasteiger partial charge in [-0.05, 0) is 19.3 Å². The van der Waals surface area contributed by atoms with E-state index in [-0.39, 0.29) is 3.97 Å². The lowest BCUT2D eigenvalue weighted by Gasteiger charge is -2.28. The van der Waals surface area contributed by atoms with Gasteiger partial charge in [0.1, 0.15) is 0 Å². The summed E-state index contributed by atoms with van der Waals surface area (Å²) in [7, 11) is -5.05. The average Bonchev–Trinajstić information content (AvgIpc) is 2.80. The molecule has 2 aliphatic rings. The maximum absolute atomic E-state index is 12.3. The van der Waals surface area contributed by atoms with Crippen molar-refractivity contribution in [2.75, 3.05) is 18.1 Å². The number of hydrogen-bond donors (Lipinski definition) is 1. The van der Waals surface area contributed by atoms with E-state index in [2.05, 4.69) is 9.98 Å². The van der Waals surface area contributed by atoms with Crippen LogP contribution in [-0.4, -0.2) is 40.7 Å². The molecule has 1 aromatic rings. The van der Waals surface area contributed by atoms with E-state index in [9.17, 15) is 27.4 Å². The van der Waals surface area contributed by atoms with Crippen LogP contribution in [0, 0.1) is 0 Å². The molecular weight excluding hydrogens is 318 g/mol. The Labute approximate surface area is 122 Å². The Balaban J connectivity index is 2.45. The molecule has 1 fully saturated rings. The summed E-state index contributed by atoms with van der Waals surface area (Å²) >= 11 is 0. The molecule has 22 heavy (non-hydrogen) atoms. The van der Waals surface area contributed by atoms with Crippen LogP contribution in [-0.2, 0) is 10.3 Å². The molecule has 3 heterocycles. The molecule has 0 bridgehead atoms. The molecule has 3 rings (SSSR count). The molecule has 0 spiro atoms. The summed E-state index contributed by atoms with van der Waals surface area (Å²) in [5, 5.41) is 0.793. The number of nitrogens with zero attached hydrogens (tertiary/aromatic N) is 5. The van der Waals surface area contributed by atoms with Gasteiger partial charge < -0.3 is 5.01 Å². The maximum Gasteiger partial charge on any atom is 0.370 e. The van der Waals surface area contributed by atoms with Gasteiger partial charge in [-0.25, -0.2) is 9.59 Å². The van der Waals surface area contributed by atoms with Gasteiger partial charge in [-0.3, -0.25) is 9.35 Å². The van der Waals surface area contributed by atoms with Crippen LogP contribution >= 0.6 is 0 Å². The van der Waals surface area contributed by atoms with Crippen LogP contribution in [0.15, 0.2) is 19.6 Å². The van der Waals surface area contributed by atoms with E-state index in [0.29, 0.717) is 17.8 Å². The number of piperidine rings is 1. The van der Waals surface area contributed by atoms with Crippen molar-refractivity contribution in [1.82, 2.24) is 8.65 Å². The van der Waals surface area contributed by atoms with Gasteiger partial charge in [0.05, 0.1) is 0 Å². The second-order valence-corrected chi connectivity index (χ2v) is 6.10. The van der Waals surface area contributed by atoms with Crippen molar-refractivity contribution in [3.05, 3.63) is 31.7 Å². The molecule has 1 aromatic heterocycles. The first-order valence-corrected chi connectivity index (χ1v) is 7.83. The minimum Gasteiger partial charge on any atom is -0.306 e. The van der Waals surface area contributed by atoms with Gasteiger partial charge in [-0.15, -0.1) is 3.97 Å². The molecule has 0 aromatic carbocycles. The van der Waals surface area contributed by atoms with E-state index in [1.807, 2.05) is 0 Å². The number of carbonyl (C=O) groups excluding carboxylic acids is 1. The Hall–Kier alpha value is -2.34. The molecule has 0 saturated carbocycles. The number of fused-ring (bicyclic) bond motifs is 1. The lowest BCUT2D eigenvalue weighted by atomic mass is 10.2. The Morgan fingerprint density at radius 2 is 1.64 bits per heavy atom. The number of aromatic nitrogens is 2. The van der Waals surface area contributed by atoms with Crippen molar-refractivity contribution in [2.45, 2.75) is 19.3 Å². The topological polar surface area (TPSA) is 143 Å². The lowest BCUT2D eigenvalue weighted by molar-refractivity contribution is 0.256. The zero-order chi connectivity index (χ0) is 16.1. The van der Waals surface area contributed by atoms with Gasteiger partial charge in [0.15, 0.2) is 10.8 Å². The summed E-state index contributed by atoms with van der Waals surface area (Å²) in [6.45, 7) is 0.731. The van der Waals surface area contributed by atoms with Gasteiger partial charge in [-0.1, -0.05) is 0 Å². The molecule has 0 atom stereocenters. The third kappa shape index (κ3) is 2.16. The quantitative estimate of drug-likeness (QED) is 0.575. The second-order valence-electron chi connectivity index (χ2n) is 4.83. The normalized spacial score (nSPS) is 17.9. The summed E-state index contributed by atoms with van der Waals surface area (Å²) in [6.07, 6.45) is 2.35. The van der Waals surface area contributed by atoms with E-state index in [1.165, 1.54) is 5.01 Å². The molecule has 2 aliphatic heterocycles. The highest BCUT2D eigenvalue weighted by molar-refractivity contribution is 7.84. The fourth-order valence-corrected chi connectivity index (χ4v) is 3.12. The first-order chi connectivity index (χ1) is 10.3. The molecule has 2 amide bonds. The number of hydrogen-bond acceptors (Lipinski definition) is 6. The van der Waals surface area contributed by atoms with Crippen molar-refractivity contribution < 1.29 is 17.8 Å². The van der Waals surface area contributed by atoms with Crippen molar-refractivity contribution in [3.8, 4) is 0 Å². The van der Waals surface area contributed by atoms with E-state index in [4.69, 9.17) is 0 Å². The van der Waals surface area contributed by atoms with Gasteiger partial charge in [0, 0.05) is 13.1 Å². The maximum atomic E-state index is 12.3. The van der Waals surface area contributed by atoms with E-state index in [0.717, 1.165) is 19.3 Å². The van der Waals surface area contributed by atoms with Crippen LogP contribution in [0.1, 0.15) is 19.3 Å². The first-order valence-electron chi connectivity index (χ1n) is 6.43. The van der Waals surface area contributed by atoms with Gasteiger partial charge >= 0.3 is 27.6 Å². The summed E-state index contributed by atoms with van der Waals surface area (Å²) in [5.41, 5.74) is -3.01. The third-order valence-electron chi connectivity index (χ3n) is 3.41. The number of amides is 2. The fraction of sp³-hybridized carbons (Fsp3) is 0.500. The highest BCUT2D eigenvalue weighted by Crippen LogP contribution is 2.05. The fourth-order valence-electron chi connectivity index (χ4n) is 2.50. The van der Waals surface area contributed by atoms with Crippen molar-refractivity contribution in [3.63, 3.8) is 0 Å². The molecular formula is C10H11N5O6S. The average molecular weight is 329 g/mol. The third-order valence-corrected chi connectivity index (χ3v) is 4.20. The Morgan fingerprint density at radius 3 is 2.23 bits per heavy atom. The zero-order valence-electron chi connectivity index (χ0n) is 11.2. The lowest BCUT2D eigenvalue weighted by Crippen LogP contribution is -2.64. The molecule has 0 radical (unpaired) electrons. The van der Waals surface area contributed by atoms with Crippen LogP contribution in [0.2, 0.25) is 0 Å². The molecule has 0 aliphatic carbocycles. The highest BCUT2D eigenvalue weighted by atomic mass is 32.2. The van der Waals surface area contributed by atoms with Crippen LogP contribution in [0.3, 0.4) is 0 Å². The monoisotopic (exact) mass is 329 g/mol. The highest BCUT2D eigenvalue weighted by Gasteiger charge is 2.27. The Morgan fingerprint density at radius 1 is 1.00 bits per heavy atom. The minimum atomic E-state index is -5.05. The Kier molecular flexibility index (Phi) is 3.21. The summed E-state index contributed by atoms with van der Waals surface area (Å²) in [4.78, 5) is 42.4. The van der Waals surface area contributed by atoms with Crippen molar-refractivity contribution in [2.24, 2.45) is 9.98 Å². The van der Waals surface area contributed by atoms with Crippen LogP contribution in [0.5, 0.6) is 0 Å². The number of rotatable bonds is 2. The zero-order valence-corrected chi connectivity index (χ0v) is 12.0. The van der Waals surface area contributed by atoms with Crippen molar-refractivity contribution in [1.29, 1.82) is 0 Å². The van der Waals surface area contributed by atoms with E-state index >= 15 is 0 Å². The van der Waals surface area contributed by atoms with Crippen LogP contribution in [0.25, 0.3) is 0 Å². The predicted molar refractivity (Wildman–Crippen MR) is 71.4 cm³/mol. The smallest absolute Gasteiger partial charge is 0.306 e. The molecule has 118 valence electrons. The van der Waals surface area contributed by atoms with Crippen molar-refractivity contribution >= 4 is 16.3 Å². The predicted octanol–water partition coefficient (Wildman–Crippen LogP) is -2.84. The van der Waals surface area contributed by atoms with Crippen LogP contribution in [0.4, 0.5) is 4.79 Å². The minimum absolute atomic E-state index is 0.0905. The van der Waals surface area contributed by atoms with Gasteiger partial charge in [0.2, 0.25) is 0 Å². The Bertz CT molecular complexity index is 998. The largest absolute Gasteiger partial charge is 0.370 e. The molecule has 1 saturated heterocycles. The van der Waals surface area contributed by atoms with Gasteiger partial charge in [-0.2, -0.15) is 23.1 Å². The standard InChI is InChI=1S/C10H11N5O6S/c16-8-6-7(12-9(17)11-6)15(22(19,20)21)10(18)14(8)13-4-2-1-3-5-13/h1-5H2,(H,19,20,21). The SMILES string of the molecule is O=C1N=c2c(=O)n(N3CCCCC3)c(=O)n(S(=O)(=O)O)c2=N1. The molecule has 1 N–H and O–H groups in total.